The molecule has 3 aromatic rings. The second-order valence-electron chi connectivity index (χ2n) is 4.66. The molecule has 0 radical (unpaired) electrons. The van der Waals surface area contributed by atoms with Crippen molar-refractivity contribution in [2.75, 3.05) is 12.4 Å². The standard InChI is InChI=1S/C14H15N5O2/c1-8-12(9-5-3-4-6-10(9)15-8)13(20)17-14-16-11(7-21-2)18-19-14/h3-6,15H,7H2,1-2H3,(H2,16,17,18,19,20). The van der Waals surface area contributed by atoms with Crippen LogP contribution in [0.1, 0.15) is 21.9 Å². The molecule has 0 aliphatic rings. The Kier molecular flexibility index (Phi) is 3.41. The summed E-state index contributed by atoms with van der Waals surface area (Å²) in [4.78, 5) is 19.7. The molecule has 21 heavy (non-hydrogen) atoms. The summed E-state index contributed by atoms with van der Waals surface area (Å²) in [5, 5.41) is 10.2. The SMILES string of the molecule is COCc1nc(NC(=O)c2c(C)[nH]c3ccccc23)n[nH]1. The number of para-hydroxylation sites is 1. The van der Waals surface area contributed by atoms with Gasteiger partial charge >= 0.3 is 0 Å². The summed E-state index contributed by atoms with van der Waals surface area (Å²) in [5.74, 6) is 0.549. The van der Waals surface area contributed by atoms with Gasteiger partial charge in [0.05, 0.1) is 5.56 Å². The molecule has 0 aliphatic heterocycles. The Bertz CT molecular complexity index is 790. The highest BCUT2D eigenvalue weighted by Crippen LogP contribution is 2.22. The highest BCUT2D eigenvalue weighted by molar-refractivity contribution is 6.13. The number of anilines is 1. The van der Waals surface area contributed by atoms with E-state index in [1.165, 1.54) is 0 Å². The zero-order chi connectivity index (χ0) is 14.8. The lowest BCUT2D eigenvalue weighted by atomic mass is 10.1. The Morgan fingerprint density at radius 2 is 2.19 bits per heavy atom. The van der Waals surface area contributed by atoms with E-state index in [9.17, 15) is 4.79 Å². The highest BCUT2D eigenvalue weighted by Gasteiger charge is 2.17. The van der Waals surface area contributed by atoms with Gasteiger partial charge in [-0.25, -0.2) is 0 Å². The number of rotatable bonds is 4. The minimum Gasteiger partial charge on any atom is -0.377 e. The fourth-order valence-electron chi connectivity index (χ4n) is 2.29. The summed E-state index contributed by atoms with van der Waals surface area (Å²) in [6.45, 7) is 2.18. The van der Waals surface area contributed by atoms with Gasteiger partial charge in [0, 0.05) is 23.7 Å². The molecule has 2 aromatic heterocycles. The normalized spacial score (nSPS) is 11.0. The number of methoxy groups -OCH3 is 1. The average molecular weight is 285 g/mol. The van der Waals surface area contributed by atoms with Crippen molar-refractivity contribution >= 4 is 22.8 Å². The van der Waals surface area contributed by atoms with Gasteiger partial charge < -0.3 is 9.72 Å². The lowest BCUT2D eigenvalue weighted by Crippen LogP contribution is -2.13. The van der Waals surface area contributed by atoms with E-state index in [2.05, 4.69) is 25.5 Å². The lowest BCUT2D eigenvalue weighted by molar-refractivity contribution is 0.102. The van der Waals surface area contributed by atoms with Crippen molar-refractivity contribution in [1.82, 2.24) is 20.2 Å². The molecule has 1 aromatic carbocycles. The third-order valence-electron chi connectivity index (χ3n) is 3.16. The Hall–Kier alpha value is -2.67. The van der Waals surface area contributed by atoms with E-state index in [1.54, 1.807) is 7.11 Å². The second-order valence-corrected chi connectivity index (χ2v) is 4.66. The van der Waals surface area contributed by atoms with Crippen LogP contribution in [0.15, 0.2) is 24.3 Å². The summed E-state index contributed by atoms with van der Waals surface area (Å²) in [7, 11) is 1.57. The van der Waals surface area contributed by atoms with E-state index >= 15 is 0 Å². The van der Waals surface area contributed by atoms with Gasteiger partial charge in [-0.2, -0.15) is 4.98 Å². The minimum atomic E-state index is -0.243. The monoisotopic (exact) mass is 285 g/mol. The Morgan fingerprint density at radius 1 is 1.38 bits per heavy atom. The van der Waals surface area contributed by atoms with E-state index in [0.717, 1.165) is 16.6 Å². The maximum absolute atomic E-state index is 12.4. The predicted molar refractivity (Wildman–Crippen MR) is 78.1 cm³/mol. The largest absolute Gasteiger partial charge is 0.377 e. The quantitative estimate of drug-likeness (QED) is 0.683. The fourth-order valence-corrected chi connectivity index (χ4v) is 2.29. The van der Waals surface area contributed by atoms with Crippen LogP contribution in [0.5, 0.6) is 0 Å². The number of hydrogen-bond acceptors (Lipinski definition) is 4. The smallest absolute Gasteiger partial charge is 0.260 e. The van der Waals surface area contributed by atoms with Crippen molar-refractivity contribution in [3.8, 4) is 0 Å². The number of amides is 1. The highest BCUT2D eigenvalue weighted by atomic mass is 16.5. The first kappa shape index (κ1) is 13.3. The number of benzene rings is 1. The molecule has 108 valence electrons. The Morgan fingerprint density at radius 3 is 3.00 bits per heavy atom. The Labute approximate surface area is 120 Å². The molecule has 0 saturated heterocycles. The van der Waals surface area contributed by atoms with Crippen molar-refractivity contribution < 1.29 is 9.53 Å². The van der Waals surface area contributed by atoms with E-state index < -0.39 is 0 Å². The van der Waals surface area contributed by atoms with Gasteiger partial charge in [0.2, 0.25) is 5.95 Å². The predicted octanol–water partition coefficient (Wildman–Crippen LogP) is 1.99. The molecule has 0 unspecified atom stereocenters. The fraction of sp³-hybridized carbons (Fsp3) is 0.214. The van der Waals surface area contributed by atoms with Crippen molar-refractivity contribution in [1.29, 1.82) is 0 Å². The van der Waals surface area contributed by atoms with Gasteiger partial charge in [0.1, 0.15) is 6.61 Å². The molecule has 3 rings (SSSR count). The van der Waals surface area contributed by atoms with Crippen LogP contribution in [0, 0.1) is 6.92 Å². The number of ether oxygens (including phenoxy) is 1. The molecular weight excluding hydrogens is 270 g/mol. The van der Waals surface area contributed by atoms with Gasteiger partial charge in [0.25, 0.3) is 5.91 Å². The van der Waals surface area contributed by atoms with Crippen molar-refractivity contribution in [3.63, 3.8) is 0 Å². The van der Waals surface area contributed by atoms with Gasteiger partial charge in [-0.15, -0.1) is 5.10 Å². The molecule has 7 nitrogen and oxygen atoms in total. The van der Waals surface area contributed by atoms with Crippen LogP contribution >= 0.6 is 0 Å². The molecule has 0 bridgehead atoms. The molecule has 0 aliphatic carbocycles. The molecule has 0 fully saturated rings. The number of aromatic nitrogens is 4. The number of aryl methyl sites for hydroxylation is 1. The van der Waals surface area contributed by atoms with E-state index in [-0.39, 0.29) is 11.9 Å². The first-order valence-corrected chi connectivity index (χ1v) is 6.48. The number of aromatic amines is 2. The molecule has 0 saturated carbocycles. The Balaban J connectivity index is 1.88. The first-order valence-electron chi connectivity index (χ1n) is 6.48. The van der Waals surface area contributed by atoms with E-state index in [0.29, 0.717) is 18.0 Å². The maximum Gasteiger partial charge on any atom is 0.260 e. The molecule has 7 heteroatoms. The second kappa shape index (κ2) is 5.37. The minimum absolute atomic E-state index is 0.233. The van der Waals surface area contributed by atoms with Crippen molar-refractivity contribution in [2.45, 2.75) is 13.5 Å². The molecule has 0 atom stereocenters. The molecule has 2 heterocycles. The zero-order valence-corrected chi connectivity index (χ0v) is 11.7. The number of nitrogens with one attached hydrogen (secondary N) is 3. The van der Waals surface area contributed by atoms with Crippen LogP contribution in [-0.4, -0.2) is 33.2 Å². The topological polar surface area (TPSA) is 95.7 Å². The number of hydrogen-bond donors (Lipinski definition) is 3. The zero-order valence-electron chi connectivity index (χ0n) is 11.7. The van der Waals surface area contributed by atoms with Gasteiger partial charge in [-0.05, 0) is 13.0 Å². The van der Waals surface area contributed by atoms with Crippen LogP contribution in [0.3, 0.4) is 0 Å². The molecule has 0 spiro atoms. The maximum atomic E-state index is 12.4. The lowest BCUT2D eigenvalue weighted by Gasteiger charge is -2.01. The van der Waals surface area contributed by atoms with E-state index in [4.69, 9.17) is 4.74 Å². The summed E-state index contributed by atoms with van der Waals surface area (Å²) in [6.07, 6.45) is 0. The van der Waals surface area contributed by atoms with Crippen LogP contribution < -0.4 is 5.32 Å². The van der Waals surface area contributed by atoms with Crippen molar-refractivity contribution in [2.24, 2.45) is 0 Å². The van der Waals surface area contributed by atoms with Crippen LogP contribution in [0.2, 0.25) is 0 Å². The molecule has 1 amide bonds. The summed E-state index contributed by atoms with van der Waals surface area (Å²) >= 11 is 0. The van der Waals surface area contributed by atoms with Gasteiger partial charge in [-0.3, -0.25) is 15.2 Å². The number of H-pyrrole nitrogens is 2. The van der Waals surface area contributed by atoms with E-state index in [1.807, 2.05) is 31.2 Å². The molecular formula is C14H15N5O2. The van der Waals surface area contributed by atoms with Gasteiger partial charge in [-0.1, -0.05) is 18.2 Å². The summed E-state index contributed by atoms with van der Waals surface area (Å²) in [5.41, 5.74) is 2.33. The van der Waals surface area contributed by atoms with Crippen LogP contribution in [0.25, 0.3) is 10.9 Å². The molecule has 3 N–H and O–H groups in total. The van der Waals surface area contributed by atoms with Crippen LogP contribution in [-0.2, 0) is 11.3 Å². The first-order chi connectivity index (χ1) is 10.2. The number of nitrogens with zero attached hydrogens (tertiary/aromatic N) is 2. The van der Waals surface area contributed by atoms with Crippen molar-refractivity contribution in [3.05, 3.63) is 41.3 Å². The van der Waals surface area contributed by atoms with Gasteiger partial charge in [0.15, 0.2) is 5.82 Å². The summed E-state index contributed by atoms with van der Waals surface area (Å²) in [6, 6.07) is 7.66. The number of carbonyl (C=O) groups excluding carboxylic acids is 1. The third kappa shape index (κ3) is 2.50. The number of carbonyl (C=O) groups is 1. The average Bonchev–Trinajstić information content (AvgIpc) is 3.02. The summed E-state index contributed by atoms with van der Waals surface area (Å²) < 4.78 is 4.94. The third-order valence-corrected chi connectivity index (χ3v) is 3.16. The van der Waals surface area contributed by atoms with Crippen LogP contribution in [0.4, 0.5) is 5.95 Å². The number of fused-ring (bicyclic) bond motifs is 1.